The number of methoxy groups -OCH3 is 2. The molecule has 0 aliphatic rings. The zero-order valence-electron chi connectivity index (χ0n) is 14.7. The predicted molar refractivity (Wildman–Crippen MR) is 97.9 cm³/mol. The lowest BCUT2D eigenvalue weighted by atomic mass is 10.2. The van der Waals surface area contributed by atoms with E-state index in [0.29, 0.717) is 35.7 Å². The number of fused-ring (bicyclic) bond motifs is 1. The Bertz CT molecular complexity index is 973. The molecule has 0 aliphatic heterocycles. The molecular formula is C19H20N2O5. The summed E-state index contributed by atoms with van der Waals surface area (Å²) in [6, 6.07) is 12.4. The third-order valence-corrected chi connectivity index (χ3v) is 4.04. The van der Waals surface area contributed by atoms with Crippen LogP contribution >= 0.6 is 0 Å². The van der Waals surface area contributed by atoms with Gasteiger partial charge < -0.3 is 19.2 Å². The summed E-state index contributed by atoms with van der Waals surface area (Å²) in [6.07, 6.45) is 0.773. The number of oxazole rings is 1. The fourth-order valence-corrected chi connectivity index (χ4v) is 2.74. The van der Waals surface area contributed by atoms with Crippen molar-refractivity contribution in [3.05, 3.63) is 53.0 Å². The van der Waals surface area contributed by atoms with Crippen LogP contribution in [0.25, 0.3) is 11.1 Å². The van der Waals surface area contributed by atoms with E-state index in [4.69, 9.17) is 13.9 Å². The van der Waals surface area contributed by atoms with Gasteiger partial charge in [0.1, 0.15) is 11.5 Å². The number of hydrogen-bond donors (Lipinski definition) is 1. The molecule has 0 saturated carbocycles. The number of carbonyl (C=O) groups excluding carboxylic acids is 1. The van der Waals surface area contributed by atoms with Crippen LogP contribution in [0, 0.1) is 0 Å². The first-order valence-electron chi connectivity index (χ1n) is 8.22. The van der Waals surface area contributed by atoms with Crippen molar-refractivity contribution in [2.24, 2.45) is 0 Å². The highest BCUT2D eigenvalue weighted by atomic mass is 16.5. The Morgan fingerprint density at radius 3 is 2.73 bits per heavy atom. The summed E-state index contributed by atoms with van der Waals surface area (Å²) in [5.74, 6) is 0.596. The molecule has 7 nitrogen and oxygen atoms in total. The van der Waals surface area contributed by atoms with Gasteiger partial charge in [0, 0.05) is 19.0 Å². The number of nitrogens with zero attached hydrogens (tertiary/aromatic N) is 1. The van der Waals surface area contributed by atoms with E-state index < -0.39 is 5.76 Å². The lowest BCUT2D eigenvalue weighted by Crippen LogP contribution is -2.17. The van der Waals surface area contributed by atoms with Gasteiger partial charge in [-0.3, -0.25) is 9.36 Å². The van der Waals surface area contributed by atoms with Crippen molar-refractivity contribution in [3.63, 3.8) is 0 Å². The van der Waals surface area contributed by atoms with E-state index in [9.17, 15) is 9.59 Å². The molecule has 7 heteroatoms. The van der Waals surface area contributed by atoms with Crippen molar-refractivity contribution in [3.8, 4) is 11.5 Å². The topological polar surface area (TPSA) is 82.7 Å². The Morgan fingerprint density at radius 2 is 1.96 bits per heavy atom. The van der Waals surface area contributed by atoms with Crippen LogP contribution in [0.1, 0.15) is 12.8 Å². The van der Waals surface area contributed by atoms with Crippen molar-refractivity contribution >= 4 is 22.7 Å². The van der Waals surface area contributed by atoms with Gasteiger partial charge in [0.2, 0.25) is 5.91 Å². The van der Waals surface area contributed by atoms with E-state index in [1.165, 1.54) is 11.7 Å². The SMILES string of the molecule is COc1ccc(NC(=O)CCCn2c(=O)oc3ccccc32)c(OC)c1. The number of amides is 1. The average molecular weight is 356 g/mol. The second-order valence-electron chi connectivity index (χ2n) is 5.71. The Labute approximate surface area is 150 Å². The Balaban J connectivity index is 1.61. The summed E-state index contributed by atoms with van der Waals surface area (Å²) in [5, 5.41) is 2.81. The number of aromatic nitrogens is 1. The van der Waals surface area contributed by atoms with Crippen LogP contribution in [0.2, 0.25) is 0 Å². The van der Waals surface area contributed by atoms with E-state index in [2.05, 4.69) is 5.32 Å². The van der Waals surface area contributed by atoms with E-state index in [-0.39, 0.29) is 12.3 Å². The smallest absolute Gasteiger partial charge is 0.419 e. The highest BCUT2D eigenvalue weighted by Gasteiger charge is 2.11. The highest BCUT2D eigenvalue weighted by Crippen LogP contribution is 2.29. The molecular weight excluding hydrogens is 336 g/mol. The first-order chi connectivity index (χ1) is 12.6. The third-order valence-electron chi connectivity index (χ3n) is 4.04. The number of hydrogen-bond acceptors (Lipinski definition) is 5. The standard InChI is InChI=1S/C19H20N2O5/c1-24-13-9-10-14(17(12-13)25-2)20-18(22)8-5-11-21-15-6-3-4-7-16(15)26-19(21)23/h3-4,6-7,9-10,12H,5,8,11H2,1-2H3,(H,20,22). The molecule has 1 heterocycles. The average Bonchev–Trinajstić information content (AvgIpc) is 2.97. The van der Waals surface area contributed by atoms with Crippen molar-refractivity contribution < 1.29 is 18.7 Å². The number of benzene rings is 2. The normalized spacial score (nSPS) is 10.7. The molecule has 0 radical (unpaired) electrons. The zero-order chi connectivity index (χ0) is 18.5. The van der Waals surface area contributed by atoms with Gasteiger partial charge in [-0.05, 0) is 30.7 Å². The van der Waals surface area contributed by atoms with Crippen molar-refractivity contribution in [2.45, 2.75) is 19.4 Å². The number of ether oxygens (including phenoxy) is 2. The van der Waals surface area contributed by atoms with Gasteiger partial charge in [-0.1, -0.05) is 12.1 Å². The number of carbonyl (C=O) groups is 1. The second-order valence-corrected chi connectivity index (χ2v) is 5.71. The van der Waals surface area contributed by atoms with Gasteiger partial charge in [-0.2, -0.15) is 0 Å². The molecule has 0 atom stereocenters. The van der Waals surface area contributed by atoms with E-state index in [0.717, 1.165) is 5.52 Å². The molecule has 0 saturated heterocycles. The van der Waals surface area contributed by atoms with Crippen LogP contribution in [0.4, 0.5) is 5.69 Å². The quantitative estimate of drug-likeness (QED) is 0.704. The number of nitrogens with one attached hydrogen (secondary N) is 1. The molecule has 0 fully saturated rings. The molecule has 3 aromatic rings. The maximum absolute atomic E-state index is 12.2. The number of para-hydroxylation sites is 2. The van der Waals surface area contributed by atoms with Gasteiger partial charge in [-0.25, -0.2) is 4.79 Å². The summed E-state index contributed by atoms with van der Waals surface area (Å²) in [6.45, 7) is 0.406. The summed E-state index contributed by atoms with van der Waals surface area (Å²) in [4.78, 5) is 24.1. The van der Waals surface area contributed by atoms with Crippen LogP contribution in [0.3, 0.4) is 0 Å². The second kappa shape index (κ2) is 7.77. The van der Waals surface area contributed by atoms with E-state index in [1.807, 2.05) is 18.2 Å². The highest BCUT2D eigenvalue weighted by molar-refractivity contribution is 5.92. The molecule has 0 unspecified atom stereocenters. The molecule has 2 aromatic carbocycles. The molecule has 1 amide bonds. The largest absolute Gasteiger partial charge is 0.497 e. The first-order valence-corrected chi connectivity index (χ1v) is 8.22. The van der Waals surface area contributed by atoms with Gasteiger partial charge in [-0.15, -0.1) is 0 Å². The van der Waals surface area contributed by atoms with Gasteiger partial charge in [0.05, 0.1) is 25.4 Å². The number of rotatable bonds is 7. The minimum Gasteiger partial charge on any atom is -0.497 e. The molecule has 136 valence electrons. The minimum absolute atomic E-state index is 0.158. The fraction of sp³-hybridized carbons (Fsp3) is 0.263. The summed E-state index contributed by atoms with van der Waals surface area (Å²) in [7, 11) is 3.09. The van der Waals surface area contributed by atoms with Crippen molar-refractivity contribution in [1.82, 2.24) is 4.57 Å². The molecule has 1 N–H and O–H groups in total. The monoisotopic (exact) mass is 356 g/mol. The Kier molecular flexibility index (Phi) is 5.26. The van der Waals surface area contributed by atoms with Gasteiger partial charge in [0.25, 0.3) is 0 Å². The lowest BCUT2D eigenvalue weighted by molar-refractivity contribution is -0.116. The summed E-state index contributed by atoms with van der Waals surface area (Å²) >= 11 is 0. The minimum atomic E-state index is -0.413. The molecule has 3 rings (SSSR count). The molecule has 0 spiro atoms. The third kappa shape index (κ3) is 3.72. The molecule has 0 aliphatic carbocycles. The number of aryl methyl sites for hydroxylation is 1. The van der Waals surface area contributed by atoms with Crippen molar-refractivity contribution in [2.75, 3.05) is 19.5 Å². The van der Waals surface area contributed by atoms with Crippen LogP contribution in [0.5, 0.6) is 11.5 Å². The molecule has 0 bridgehead atoms. The Hall–Kier alpha value is -3.22. The molecule has 1 aromatic heterocycles. The predicted octanol–water partition coefficient (Wildman–Crippen LogP) is 3.03. The van der Waals surface area contributed by atoms with Crippen molar-refractivity contribution in [1.29, 1.82) is 0 Å². The maximum Gasteiger partial charge on any atom is 0.419 e. The lowest BCUT2D eigenvalue weighted by Gasteiger charge is -2.11. The summed E-state index contributed by atoms with van der Waals surface area (Å²) in [5.41, 5.74) is 1.85. The van der Waals surface area contributed by atoms with Crippen LogP contribution in [-0.4, -0.2) is 24.7 Å². The van der Waals surface area contributed by atoms with Crippen LogP contribution in [-0.2, 0) is 11.3 Å². The number of anilines is 1. The molecule has 26 heavy (non-hydrogen) atoms. The van der Waals surface area contributed by atoms with Gasteiger partial charge in [0.15, 0.2) is 5.58 Å². The van der Waals surface area contributed by atoms with Crippen LogP contribution < -0.4 is 20.5 Å². The zero-order valence-corrected chi connectivity index (χ0v) is 14.7. The fourth-order valence-electron chi connectivity index (χ4n) is 2.74. The van der Waals surface area contributed by atoms with E-state index in [1.54, 1.807) is 31.4 Å². The summed E-state index contributed by atoms with van der Waals surface area (Å²) < 4.78 is 17.1. The van der Waals surface area contributed by atoms with Gasteiger partial charge >= 0.3 is 5.76 Å². The van der Waals surface area contributed by atoms with Crippen LogP contribution in [0.15, 0.2) is 51.7 Å². The Morgan fingerprint density at radius 1 is 1.15 bits per heavy atom. The van der Waals surface area contributed by atoms with E-state index >= 15 is 0 Å². The first kappa shape index (κ1) is 17.6. The maximum atomic E-state index is 12.2.